The summed E-state index contributed by atoms with van der Waals surface area (Å²) in [4.78, 5) is 0. The molecule has 0 aliphatic heterocycles. The Balaban J connectivity index is 3.58. The van der Waals surface area contributed by atoms with Crippen molar-refractivity contribution < 1.29 is 5.11 Å². The molecule has 0 aliphatic carbocycles. The highest BCUT2D eigenvalue weighted by atomic mass is 16.3. The molecule has 0 bridgehead atoms. The van der Waals surface area contributed by atoms with Crippen LogP contribution >= 0.6 is 0 Å². The Hall–Kier alpha value is -0.120. The quantitative estimate of drug-likeness (QED) is 0.509. The summed E-state index contributed by atoms with van der Waals surface area (Å²) in [6.07, 6.45) is 0.280. The van der Waals surface area contributed by atoms with Crippen molar-refractivity contribution in [2.75, 3.05) is 6.54 Å². The van der Waals surface area contributed by atoms with E-state index in [0.717, 1.165) is 0 Å². The van der Waals surface area contributed by atoms with Crippen LogP contribution in [-0.4, -0.2) is 23.8 Å². The zero-order valence-corrected chi connectivity index (χ0v) is 6.75. The first-order valence-corrected chi connectivity index (χ1v) is 3.73. The predicted molar refractivity (Wildman–Crippen MR) is 42.5 cm³/mol. The van der Waals surface area contributed by atoms with Crippen molar-refractivity contribution in [3.05, 3.63) is 0 Å². The van der Waals surface area contributed by atoms with Crippen LogP contribution in [0.3, 0.4) is 0 Å². The third-order valence-electron chi connectivity index (χ3n) is 1.62. The second kappa shape index (κ2) is 4.66. The van der Waals surface area contributed by atoms with Crippen LogP contribution in [0.25, 0.3) is 0 Å². The molecule has 3 nitrogen and oxygen atoms in total. The lowest BCUT2D eigenvalue weighted by Crippen LogP contribution is -2.39. The van der Waals surface area contributed by atoms with Crippen molar-refractivity contribution in [1.29, 1.82) is 0 Å². The Kier molecular flexibility index (Phi) is 4.60. The van der Waals surface area contributed by atoms with Gasteiger partial charge in [0.15, 0.2) is 0 Å². The molecule has 0 amide bonds. The van der Waals surface area contributed by atoms with Crippen LogP contribution in [0.2, 0.25) is 0 Å². The summed E-state index contributed by atoms with van der Waals surface area (Å²) in [7, 11) is 0. The molecule has 0 spiro atoms. The third-order valence-corrected chi connectivity index (χ3v) is 1.62. The van der Waals surface area contributed by atoms with E-state index in [-0.39, 0.29) is 12.0 Å². The summed E-state index contributed by atoms with van der Waals surface area (Å²) in [5.74, 6) is 0.224. The molecule has 3 heteroatoms. The summed E-state index contributed by atoms with van der Waals surface area (Å²) >= 11 is 0. The zero-order valence-electron chi connectivity index (χ0n) is 6.75. The van der Waals surface area contributed by atoms with E-state index in [1.54, 1.807) is 0 Å². The molecule has 0 aromatic rings. The van der Waals surface area contributed by atoms with Crippen LogP contribution in [0.15, 0.2) is 0 Å². The van der Waals surface area contributed by atoms with Crippen LogP contribution in [0.1, 0.15) is 20.3 Å². The lowest BCUT2D eigenvalue weighted by atomic mass is 9.98. The number of aliphatic hydroxyl groups is 1. The molecule has 62 valence electrons. The average Bonchev–Trinajstić information content (AvgIpc) is 1.87. The lowest BCUT2D eigenvalue weighted by molar-refractivity contribution is 0.0955. The highest BCUT2D eigenvalue weighted by Gasteiger charge is 2.16. The summed E-state index contributed by atoms with van der Waals surface area (Å²) in [5.41, 5.74) is 10.9. The van der Waals surface area contributed by atoms with Gasteiger partial charge in [0.05, 0.1) is 6.10 Å². The second-order valence-corrected chi connectivity index (χ2v) is 2.98. The van der Waals surface area contributed by atoms with Gasteiger partial charge in [0.1, 0.15) is 0 Å². The summed E-state index contributed by atoms with van der Waals surface area (Å²) in [6.45, 7) is 4.44. The SMILES string of the molecule is CC(C)C(O)[C@H](N)CCN. The standard InChI is InChI=1S/C7H18N2O/c1-5(2)7(10)6(9)3-4-8/h5-7,10H,3-4,8-9H2,1-2H3/t6-,7?/m1/s1. The van der Waals surface area contributed by atoms with E-state index in [9.17, 15) is 5.11 Å². The van der Waals surface area contributed by atoms with Gasteiger partial charge in [0, 0.05) is 6.04 Å². The van der Waals surface area contributed by atoms with Gasteiger partial charge in [-0.1, -0.05) is 13.8 Å². The molecule has 10 heavy (non-hydrogen) atoms. The zero-order chi connectivity index (χ0) is 8.15. The maximum atomic E-state index is 9.35. The van der Waals surface area contributed by atoms with Crippen molar-refractivity contribution in [3.63, 3.8) is 0 Å². The van der Waals surface area contributed by atoms with Gasteiger partial charge in [-0.3, -0.25) is 0 Å². The molecule has 1 unspecified atom stereocenters. The molecular weight excluding hydrogens is 128 g/mol. The topological polar surface area (TPSA) is 72.3 Å². The van der Waals surface area contributed by atoms with Gasteiger partial charge in [0.25, 0.3) is 0 Å². The van der Waals surface area contributed by atoms with Gasteiger partial charge in [-0.15, -0.1) is 0 Å². The number of aliphatic hydroxyl groups excluding tert-OH is 1. The van der Waals surface area contributed by atoms with Crippen LogP contribution in [0.5, 0.6) is 0 Å². The van der Waals surface area contributed by atoms with Crippen LogP contribution in [0, 0.1) is 5.92 Å². The van der Waals surface area contributed by atoms with E-state index in [1.165, 1.54) is 0 Å². The summed E-state index contributed by atoms with van der Waals surface area (Å²) < 4.78 is 0. The van der Waals surface area contributed by atoms with E-state index in [4.69, 9.17) is 11.5 Å². The molecule has 5 N–H and O–H groups in total. The van der Waals surface area contributed by atoms with Gasteiger partial charge >= 0.3 is 0 Å². The number of rotatable bonds is 4. The van der Waals surface area contributed by atoms with E-state index in [1.807, 2.05) is 13.8 Å². The molecule has 0 aliphatic rings. The minimum atomic E-state index is -0.413. The lowest BCUT2D eigenvalue weighted by Gasteiger charge is -2.21. The molecule has 0 fully saturated rings. The van der Waals surface area contributed by atoms with Gasteiger partial charge in [-0.2, -0.15) is 0 Å². The fourth-order valence-electron chi connectivity index (χ4n) is 0.858. The van der Waals surface area contributed by atoms with Gasteiger partial charge in [-0.25, -0.2) is 0 Å². The third kappa shape index (κ3) is 3.15. The first-order valence-electron chi connectivity index (χ1n) is 3.73. The van der Waals surface area contributed by atoms with Crippen molar-refractivity contribution in [1.82, 2.24) is 0 Å². The summed E-state index contributed by atoms with van der Waals surface area (Å²) in [6, 6.07) is -0.162. The van der Waals surface area contributed by atoms with Gasteiger partial charge < -0.3 is 16.6 Å². The number of hydrogen-bond donors (Lipinski definition) is 3. The second-order valence-electron chi connectivity index (χ2n) is 2.98. The van der Waals surface area contributed by atoms with Crippen LogP contribution in [0.4, 0.5) is 0 Å². The Bertz CT molecular complexity index is 85.7. The van der Waals surface area contributed by atoms with Crippen LogP contribution < -0.4 is 11.5 Å². The highest BCUT2D eigenvalue weighted by molar-refractivity contribution is 4.74. The molecule has 0 aromatic heterocycles. The molecular formula is C7H18N2O. The maximum Gasteiger partial charge on any atom is 0.0714 e. The molecule has 0 rings (SSSR count). The van der Waals surface area contributed by atoms with Crippen molar-refractivity contribution in [2.24, 2.45) is 17.4 Å². The fourth-order valence-corrected chi connectivity index (χ4v) is 0.858. The van der Waals surface area contributed by atoms with E-state index in [0.29, 0.717) is 13.0 Å². The highest BCUT2D eigenvalue weighted by Crippen LogP contribution is 2.05. The summed E-state index contributed by atoms with van der Waals surface area (Å²) in [5, 5.41) is 9.35. The first kappa shape index (κ1) is 9.88. The average molecular weight is 146 g/mol. The minimum Gasteiger partial charge on any atom is -0.391 e. The number of hydrogen-bond acceptors (Lipinski definition) is 3. The molecule has 0 aromatic carbocycles. The molecule has 2 atom stereocenters. The Labute approximate surface area is 62.4 Å². The predicted octanol–water partition coefficient (Wildman–Crippen LogP) is -0.321. The molecule has 0 saturated heterocycles. The normalized spacial score (nSPS) is 17.4. The van der Waals surface area contributed by atoms with E-state index in [2.05, 4.69) is 0 Å². The smallest absolute Gasteiger partial charge is 0.0714 e. The number of nitrogens with two attached hydrogens (primary N) is 2. The monoisotopic (exact) mass is 146 g/mol. The Morgan fingerprint density at radius 3 is 2.20 bits per heavy atom. The Morgan fingerprint density at radius 2 is 1.90 bits per heavy atom. The minimum absolute atomic E-state index is 0.162. The van der Waals surface area contributed by atoms with E-state index < -0.39 is 6.10 Å². The van der Waals surface area contributed by atoms with Gasteiger partial charge in [-0.05, 0) is 18.9 Å². The van der Waals surface area contributed by atoms with Crippen molar-refractivity contribution in [3.8, 4) is 0 Å². The largest absolute Gasteiger partial charge is 0.391 e. The first-order chi connectivity index (χ1) is 4.59. The van der Waals surface area contributed by atoms with Crippen LogP contribution in [-0.2, 0) is 0 Å². The maximum absolute atomic E-state index is 9.35. The van der Waals surface area contributed by atoms with Gasteiger partial charge in [0.2, 0.25) is 0 Å². The molecule has 0 radical (unpaired) electrons. The molecule has 0 saturated carbocycles. The Morgan fingerprint density at radius 1 is 1.40 bits per heavy atom. The fraction of sp³-hybridized carbons (Fsp3) is 1.00. The van der Waals surface area contributed by atoms with Crippen molar-refractivity contribution in [2.45, 2.75) is 32.4 Å². The van der Waals surface area contributed by atoms with E-state index >= 15 is 0 Å². The van der Waals surface area contributed by atoms with Crippen molar-refractivity contribution >= 4 is 0 Å². The molecule has 0 heterocycles.